The van der Waals surface area contributed by atoms with Crippen LogP contribution in [0, 0.1) is 0 Å². The van der Waals surface area contributed by atoms with Crippen LogP contribution >= 0.6 is 11.8 Å². The summed E-state index contributed by atoms with van der Waals surface area (Å²) in [6.45, 7) is 38.4. The Kier molecular flexibility index (Phi) is 15.6. The van der Waals surface area contributed by atoms with E-state index in [0.717, 1.165) is 0 Å². The number of hydrogen-bond acceptors (Lipinski definition) is 11. The van der Waals surface area contributed by atoms with E-state index in [2.05, 4.69) is 118 Å². The lowest BCUT2D eigenvalue weighted by atomic mass is 10.0. The van der Waals surface area contributed by atoms with Crippen molar-refractivity contribution in [3.05, 3.63) is 0 Å². The summed E-state index contributed by atoms with van der Waals surface area (Å²) in [6.07, 6.45) is -4.08. The summed E-state index contributed by atoms with van der Waals surface area (Å²) in [4.78, 5) is 0. The molecule has 0 amide bonds. The van der Waals surface area contributed by atoms with E-state index in [1.165, 1.54) is 11.8 Å². The van der Waals surface area contributed by atoms with Gasteiger partial charge in [-0.3, -0.25) is 0 Å². The number of thioether (sulfide) groups is 1. The molecule has 17 heteroatoms. The van der Waals surface area contributed by atoms with Crippen LogP contribution in [0.2, 0.25) is 118 Å². The third-order valence-electron chi connectivity index (χ3n) is 6.75. The van der Waals surface area contributed by atoms with Crippen LogP contribution in [0.25, 0.3) is 0 Å². The highest BCUT2D eigenvalue weighted by molar-refractivity contribution is 8.00. The fraction of sp³-hybridized carbons (Fsp3) is 1.00. The Hall–Kier alpha value is 1.25. The molecular formula is C30H70O10SSi6. The minimum absolute atomic E-state index is 0.218. The Balaban J connectivity index is 2.72. The Morgan fingerprint density at radius 2 is 0.596 bits per heavy atom. The van der Waals surface area contributed by atoms with Crippen LogP contribution in [-0.4, -0.2) is 133 Å². The smallest absolute Gasteiger partial charge is 0.184 e. The van der Waals surface area contributed by atoms with Gasteiger partial charge in [0.2, 0.25) is 0 Å². The van der Waals surface area contributed by atoms with Gasteiger partial charge in [0.05, 0.1) is 13.2 Å². The summed E-state index contributed by atoms with van der Waals surface area (Å²) in [5, 5.41) is 21.5. The van der Waals surface area contributed by atoms with Crippen molar-refractivity contribution in [3.8, 4) is 0 Å². The summed E-state index contributed by atoms with van der Waals surface area (Å²) < 4.78 is 54.9. The van der Waals surface area contributed by atoms with Crippen molar-refractivity contribution in [2.75, 3.05) is 13.2 Å². The van der Waals surface area contributed by atoms with Crippen molar-refractivity contribution in [1.29, 1.82) is 0 Å². The largest absolute Gasteiger partial charge is 0.409 e. The number of aliphatic hydroxyl groups is 2. The summed E-state index contributed by atoms with van der Waals surface area (Å²) in [6, 6.07) is 0. The maximum Gasteiger partial charge on any atom is 0.184 e. The molecule has 0 bridgehead atoms. The molecule has 280 valence electrons. The highest BCUT2D eigenvalue weighted by Gasteiger charge is 2.56. The molecule has 0 aliphatic carbocycles. The molecule has 2 heterocycles. The van der Waals surface area contributed by atoms with E-state index in [9.17, 15) is 10.2 Å². The normalized spacial score (nSPS) is 33.7. The SMILES string of the molecule is C[Si](C)(C)O[C@@H]1[C@@H](O[Si](C)(C)C)[C@@H](S[C@H]2O[C@H](CO)[C@@H](O[Si](C)(C)C)[C@H](O[Si](C)(C)C)[C@H]2O[Si](C)(C)C)O[C@H](CO)[C@H]1O[Si](C)(C)C. The number of hydrogen-bond donors (Lipinski definition) is 2. The highest BCUT2D eigenvalue weighted by atomic mass is 32.2. The van der Waals surface area contributed by atoms with E-state index < -0.39 is 110 Å². The van der Waals surface area contributed by atoms with Gasteiger partial charge in [0.1, 0.15) is 59.7 Å². The maximum atomic E-state index is 10.7. The van der Waals surface area contributed by atoms with Crippen LogP contribution in [0.3, 0.4) is 0 Å². The minimum atomic E-state index is -2.15. The van der Waals surface area contributed by atoms with Gasteiger partial charge in [0, 0.05) is 0 Å². The molecular weight excluding hydrogens is 721 g/mol. The first kappa shape index (κ1) is 44.4. The Labute approximate surface area is 297 Å². The number of ether oxygens (including phenoxy) is 2. The Morgan fingerprint density at radius 3 is 0.809 bits per heavy atom. The van der Waals surface area contributed by atoms with Crippen molar-refractivity contribution in [2.24, 2.45) is 0 Å². The van der Waals surface area contributed by atoms with E-state index in [1.54, 1.807) is 0 Å². The molecule has 2 N–H and O–H groups in total. The van der Waals surface area contributed by atoms with Crippen LogP contribution in [0.15, 0.2) is 0 Å². The van der Waals surface area contributed by atoms with Crippen molar-refractivity contribution < 1.29 is 46.2 Å². The lowest BCUT2D eigenvalue weighted by Gasteiger charge is -2.53. The van der Waals surface area contributed by atoms with E-state index in [-0.39, 0.29) is 13.2 Å². The molecule has 2 aliphatic heterocycles. The monoisotopic (exact) mass is 790 g/mol. The molecule has 2 aliphatic rings. The molecule has 0 aromatic heterocycles. The average molecular weight is 791 g/mol. The lowest BCUT2D eigenvalue weighted by molar-refractivity contribution is -0.200. The summed E-state index contributed by atoms with van der Waals surface area (Å²) in [5.41, 5.74) is -1.14. The van der Waals surface area contributed by atoms with Crippen molar-refractivity contribution in [1.82, 2.24) is 0 Å². The minimum Gasteiger partial charge on any atom is -0.409 e. The zero-order valence-electron chi connectivity index (χ0n) is 32.8. The van der Waals surface area contributed by atoms with Crippen molar-refractivity contribution in [3.63, 3.8) is 0 Å². The predicted octanol–water partition coefficient (Wildman–Crippen LogP) is 6.47. The zero-order valence-corrected chi connectivity index (χ0v) is 39.6. The molecule has 2 saturated heterocycles. The summed E-state index contributed by atoms with van der Waals surface area (Å²) in [5.74, 6) is 0. The zero-order chi connectivity index (χ0) is 36.6. The van der Waals surface area contributed by atoms with Gasteiger partial charge in [-0.15, -0.1) is 0 Å². The van der Waals surface area contributed by atoms with Gasteiger partial charge in [0.25, 0.3) is 0 Å². The molecule has 2 fully saturated rings. The van der Waals surface area contributed by atoms with E-state index in [4.69, 9.17) is 36.0 Å². The molecule has 0 aromatic carbocycles. The first-order valence-corrected chi connectivity index (χ1v) is 38.6. The van der Waals surface area contributed by atoms with E-state index in [0.29, 0.717) is 0 Å². The fourth-order valence-electron chi connectivity index (χ4n) is 5.65. The molecule has 47 heavy (non-hydrogen) atoms. The van der Waals surface area contributed by atoms with Gasteiger partial charge < -0.3 is 46.2 Å². The second-order valence-corrected chi connectivity index (χ2v) is 46.7. The molecule has 0 unspecified atom stereocenters. The van der Waals surface area contributed by atoms with Crippen LogP contribution in [0.1, 0.15) is 0 Å². The molecule has 10 atom stereocenters. The summed E-state index contributed by atoms with van der Waals surface area (Å²) in [7, 11) is -12.7. The number of rotatable bonds is 16. The molecule has 0 saturated carbocycles. The standard InChI is InChI=1S/C30H70O10SSi6/c1-42(2,3)35-23-21(19-31)33-29(27(39-46(13,14)15)25(23)37-44(7,8)9)41-30-28(40-47(16,17)18)26(38-45(10,11)12)24(22(20-32)34-30)36-43(4,5)6/h21-32H,19-20H2,1-18H3/t21-,22-,23-,24-,25+,26+,27-,28-,29-,30-/m1/s1. The molecule has 10 nitrogen and oxygen atoms in total. The van der Waals surface area contributed by atoms with Gasteiger partial charge in [-0.25, -0.2) is 0 Å². The van der Waals surface area contributed by atoms with E-state index in [1.807, 2.05) is 0 Å². The molecule has 0 spiro atoms. The second-order valence-electron chi connectivity index (χ2n) is 18.8. The summed E-state index contributed by atoms with van der Waals surface area (Å²) >= 11 is 1.49. The lowest BCUT2D eigenvalue weighted by Crippen LogP contribution is -2.67. The topological polar surface area (TPSA) is 114 Å². The maximum absolute atomic E-state index is 10.7. The van der Waals surface area contributed by atoms with Gasteiger partial charge in [-0.05, 0) is 118 Å². The average Bonchev–Trinajstić information content (AvgIpc) is 2.81. The molecule has 0 aromatic rings. The van der Waals surface area contributed by atoms with Gasteiger partial charge >= 0.3 is 0 Å². The van der Waals surface area contributed by atoms with Gasteiger partial charge in [-0.1, -0.05) is 11.8 Å². The van der Waals surface area contributed by atoms with Gasteiger partial charge in [0.15, 0.2) is 49.9 Å². The van der Waals surface area contributed by atoms with E-state index >= 15 is 0 Å². The van der Waals surface area contributed by atoms with Crippen LogP contribution < -0.4 is 0 Å². The number of aliphatic hydroxyl groups excluding tert-OH is 2. The first-order chi connectivity index (χ1) is 20.9. The Bertz CT molecular complexity index is 897. The quantitative estimate of drug-likeness (QED) is 0.168. The third-order valence-corrected chi connectivity index (χ3v) is 13.9. The van der Waals surface area contributed by atoms with Crippen LogP contribution in [0.5, 0.6) is 0 Å². The fourth-order valence-corrected chi connectivity index (χ4v) is 13.8. The van der Waals surface area contributed by atoms with Gasteiger partial charge in [-0.2, -0.15) is 0 Å². The van der Waals surface area contributed by atoms with Crippen molar-refractivity contribution >= 4 is 61.7 Å². The van der Waals surface area contributed by atoms with Crippen LogP contribution in [-0.2, 0) is 36.0 Å². The third kappa shape index (κ3) is 15.4. The first-order valence-electron chi connectivity index (χ1n) is 17.2. The highest BCUT2D eigenvalue weighted by Crippen LogP contribution is 2.44. The second kappa shape index (κ2) is 16.5. The predicted molar refractivity (Wildman–Crippen MR) is 208 cm³/mol. The van der Waals surface area contributed by atoms with Crippen LogP contribution in [0.4, 0.5) is 0 Å². The Morgan fingerprint density at radius 1 is 0.383 bits per heavy atom. The molecule has 2 rings (SSSR count). The molecule has 0 radical (unpaired) electrons. The van der Waals surface area contributed by atoms with Crippen molar-refractivity contribution in [2.45, 2.75) is 178 Å².